The Morgan fingerprint density at radius 2 is 1.82 bits per heavy atom. The standard InChI is InChI=1S/C23H36FNO2Si/c1-16-15-17(24)9-10-18(16)23-13-11-19(25(23)20(26)12-14-23)22(5,6)27-28(7,8)21(2,3)4/h9-10,15,19H,11-14H2,1-8H3/t19-,23-/m1/s1. The molecule has 0 radical (unpaired) electrons. The molecule has 28 heavy (non-hydrogen) atoms. The van der Waals surface area contributed by atoms with Crippen molar-refractivity contribution in [1.82, 2.24) is 4.90 Å². The molecule has 5 heteroatoms. The van der Waals surface area contributed by atoms with Crippen LogP contribution in [0.15, 0.2) is 18.2 Å². The van der Waals surface area contributed by atoms with Gasteiger partial charge in [-0.25, -0.2) is 4.39 Å². The number of amides is 1. The minimum Gasteiger partial charge on any atom is -0.410 e. The van der Waals surface area contributed by atoms with Gasteiger partial charge in [-0.1, -0.05) is 26.8 Å². The summed E-state index contributed by atoms with van der Waals surface area (Å²) in [7, 11) is -1.98. The molecule has 2 saturated heterocycles. The summed E-state index contributed by atoms with van der Waals surface area (Å²) >= 11 is 0. The van der Waals surface area contributed by atoms with Gasteiger partial charge < -0.3 is 9.33 Å². The minimum atomic E-state index is -1.98. The molecule has 0 N–H and O–H groups in total. The normalized spacial score (nSPS) is 26.1. The van der Waals surface area contributed by atoms with Gasteiger partial charge in [-0.15, -0.1) is 0 Å². The second-order valence-corrected chi connectivity index (χ2v) is 15.5. The molecule has 0 saturated carbocycles. The summed E-state index contributed by atoms with van der Waals surface area (Å²) < 4.78 is 20.6. The first kappa shape index (κ1) is 21.5. The molecule has 1 aromatic rings. The molecule has 3 rings (SSSR count). The van der Waals surface area contributed by atoms with Crippen LogP contribution in [-0.4, -0.2) is 30.8 Å². The fraction of sp³-hybridized carbons (Fsp3) is 0.696. The van der Waals surface area contributed by atoms with Gasteiger partial charge in [0, 0.05) is 6.42 Å². The summed E-state index contributed by atoms with van der Waals surface area (Å²) in [6, 6.07) is 5.06. The topological polar surface area (TPSA) is 29.5 Å². The van der Waals surface area contributed by atoms with Gasteiger partial charge in [0.15, 0.2) is 8.32 Å². The van der Waals surface area contributed by atoms with Gasteiger partial charge in [0.2, 0.25) is 5.91 Å². The van der Waals surface area contributed by atoms with Crippen LogP contribution in [0.4, 0.5) is 4.39 Å². The van der Waals surface area contributed by atoms with Crippen LogP contribution >= 0.6 is 0 Å². The molecule has 0 bridgehead atoms. The van der Waals surface area contributed by atoms with Gasteiger partial charge in [0.25, 0.3) is 0 Å². The maximum Gasteiger partial charge on any atom is 0.223 e. The molecule has 0 aliphatic carbocycles. The quantitative estimate of drug-likeness (QED) is 0.582. The largest absolute Gasteiger partial charge is 0.410 e. The predicted octanol–water partition coefficient (Wildman–Crippen LogP) is 5.91. The molecular weight excluding hydrogens is 369 g/mol. The average molecular weight is 406 g/mol. The van der Waals surface area contributed by atoms with E-state index in [1.165, 1.54) is 6.07 Å². The second kappa shape index (κ2) is 6.66. The lowest BCUT2D eigenvalue weighted by atomic mass is 9.83. The van der Waals surface area contributed by atoms with Crippen molar-refractivity contribution in [1.29, 1.82) is 0 Å². The smallest absolute Gasteiger partial charge is 0.223 e. The zero-order chi connectivity index (χ0) is 21.1. The highest BCUT2D eigenvalue weighted by atomic mass is 28.4. The summed E-state index contributed by atoms with van der Waals surface area (Å²) in [5.41, 5.74) is 1.31. The number of carbonyl (C=O) groups excluding carboxylic acids is 1. The Morgan fingerprint density at radius 1 is 1.18 bits per heavy atom. The van der Waals surface area contributed by atoms with Crippen molar-refractivity contribution < 1.29 is 13.6 Å². The Morgan fingerprint density at radius 3 is 2.39 bits per heavy atom. The van der Waals surface area contributed by atoms with Gasteiger partial charge in [-0.05, 0) is 81.4 Å². The Labute approximate surface area is 170 Å². The summed E-state index contributed by atoms with van der Waals surface area (Å²) in [6.45, 7) is 17.5. The van der Waals surface area contributed by atoms with E-state index in [0.717, 1.165) is 30.4 Å². The van der Waals surface area contributed by atoms with Gasteiger partial charge >= 0.3 is 0 Å². The van der Waals surface area contributed by atoms with Crippen molar-refractivity contribution in [2.75, 3.05) is 0 Å². The Balaban J connectivity index is 1.98. The Bertz CT molecular complexity index is 783. The van der Waals surface area contributed by atoms with E-state index in [1.54, 1.807) is 6.07 Å². The predicted molar refractivity (Wildman–Crippen MR) is 114 cm³/mol. The summed E-state index contributed by atoms with van der Waals surface area (Å²) in [5.74, 6) is -0.0113. The number of nitrogens with zero attached hydrogens (tertiary/aromatic N) is 1. The zero-order valence-corrected chi connectivity index (χ0v) is 19.8. The molecule has 0 spiro atoms. The molecule has 2 aliphatic rings. The van der Waals surface area contributed by atoms with Crippen LogP contribution in [0, 0.1) is 12.7 Å². The Hall–Kier alpha value is -1.20. The first-order valence-corrected chi connectivity index (χ1v) is 13.4. The lowest BCUT2D eigenvalue weighted by Gasteiger charge is -2.48. The molecule has 2 heterocycles. The van der Waals surface area contributed by atoms with Crippen LogP contribution < -0.4 is 0 Å². The van der Waals surface area contributed by atoms with Crippen LogP contribution in [0.1, 0.15) is 71.4 Å². The molecule has 1 amide bonds. The van der Waals surface area contributed by atoms with E-state index in [2.05, 4.69) is 52.6 Å². The van der Waals surface area contributed by atoms with Crippen LogP contribution in [0.3, 0.4) is 0 Å². The summed E-state index contributed by atoms with van der Waals surface area (Å²) in [6.07, 6.45) is 3.21. The number of rotatable bonds is 4. The lowest BCUT2D eigenvalue weighted by molar-refractivity contribution is -0.136. The average Bonchev–Trinajstić information content (AvgIpc) is 3.05. The van der Waals surface area contributed by atoms with Crippen LogP contribution in [0.5, 0.6) is 0 Å². The number of aryl methyl sites for hydroxylation is 1. The molecule has 0 aromatic heterocycles. The maximum atomic E-state index is 13.7. The van der Waals surface area contributed by atoms with Crippen LogP contribution in [0.25, 0.3) is 0 Å². The minimum absolute atomic E-state index is 0.0427. The van der Waals surface area contributed by atoms with Gasteiger partial charge in [0.05, 0.1) is 17.2 Å². The van der Waals surface area contributed by atoms with Crippen molar-refractivity contribution in [2.45, 2.75) is 103 Å². The maximum absolute atomic E-state index is 13.7. The summed E-state index contributed by atoms with van der Waals surface area (Å²) in [4.78, 5) is 15.2. The fourth-order valence-electron chi connectivity index (χ4n) is 5.10. The number of hydrogen-bond acceptors (Lipinski definition) is 2. The van der Waals surface area contributed by atoms with Gasteiger partial charge in [-0.2, -0.15) is 0 Å². The van der Waals surface area contributed by atoms with Crippen molar-refractivity contribution in [3.63, 3.8) is 0 Å². The molecule has 2 aliphatic heterocycles. The molecule has 2 atom stereocenters. The third-order valence-corrected chi connectivity index (χ3v) is 12.1. The van der Waals surface area contributed by atoms with Crippen molar-refractivity contribution in [2.24, 2.45) is 0 Å². The van der Waals surface area contributed by atoms with Gasteiger partial charge in [-0.3, -0.25) is 4.79 Å². The highest BCUT2D eigenvalue weighted by Gasteiger charge is 2.59. The Kier molecular flexibility index (Phi) is 5.12. The molecule has 3 nitrogen and oxygen atoms in total. The van der Waals surface area contributed by atoms with Crippen molar-refractivity contribution in [3.05, 3.63) is 35.1 Å². The molecule has 0 unspecified atom stereocenters. The third-order valence-electron chi connectivity index (χ3n) is 7.44. The van der Waals surface area contributed by atoms with E-state index in [0.29, 0.717) is 6.42 Å². The van der Waals surface area contributed by atoms with Crippen LogP contribution in [-0.2, 0) is 14.8 Å². The highest BCUT2D eigenvalue weighted by molar-refractivity contribution is 6.74. The zero-order valence-electron chi connectivity index (χ0n) is 18.8. The number of hydrogen-bond donors (Lipinski definition) is 0. The summed E-state index contributed by atoms with van der Waals surface area (Å²) in [5, 5.41) is 0.114. The highest BCUT2D eigenvalue weighted by Crippen LogP contribution is 2.54. The third kappa shape index (κ3) is 3.34. The fourth-order valence-corrected chi connectivity index (χ4v) is 6.86. The number of carbonyl (C=O) groups is 1. The van der Waals surface area contributed by atoms with E-state index in [4.69, 9.17) is 4.43 Å². The van der Waals surface area contributed by atoms with E-state index in [1.807, 2.05) is 13.0 Å². The molecular formula is C23H36FNO2Si. The van der Waals surface area contributed by atoms with Crippen molar-refractivity contribution in [3.8, 4) is 0 Å². The van der Waals surface area contributed by atoms with Crippen molar-refractivity contribution >= 4 is 14.2 Å². The van der Waals surface area contributed by atoms with Gasteiger partial charge in [0.1, 0.15) is 5.82 Å². The molecule has 156 valence electrons. The monoisotopic (exact) mass is 405 g/mol. The van der Waals surface area contributed by atoms with Crippen LogP contribution in [0.2, 0.25) is 18.1 Å². The molecule has 1 aromatic carbocycles. The number of fused-ring (bicyclic) bond motifs is 1. The number of benzene rings is 1. The van der Waals surface area contributed by atoms with E-state index in [9.17, 15) is 9.18 Å². The lowest BCUT2D eigenvalue weighted by Crippen LogP contribution is -2.57. The number of halogens is 1. The first-order chi connectivity index (χ1) is 12.7. The van der Waals surface area contributed by atoms with E-state index in [-0.39, 0.29) is 28.3 Å². The van der Waals surface area contributed by atoms with E-state index < -0.39 is 13.9 Å². The first-order valence-electron chi connectivity index (χ1n) is 10.5. The SMILES string of the molecule is Cc1cc(F)ccc1[C@@]12CCC(=O)N1[C@@H](C(C)(C)O[Si](C)(C)C(C)(C)C)CC2. The molecule has 2 fully saturated rings. The van der Waals surface area contributed by atoms with E-state index >= 15 is 0 Å². The second-order valence-electron chi connectivity index (χ2n) is 10.8.